The number of para-hydroxylation sites is 1. The zero-order chi connectivity index (χ0) is 14.7. The number of rotatable bonds is 4. The van der Waals surface area contributed by atoms with Crippen LogP contribution >= 0.6 is 0 Å². The smallest absolute Gasteiger partial charge is 0.133 e. The van der Waals surface area contributed by atoms with Crippen molar-refractivity contribution >= 4 is 16.7 Å². The minimum absolute atomic E-state index is 0.533. The number of pyridine rings is 1. The van der Waals surface area contributed by atoms with Gasteiger partial charge in [0.05, 0.1) is 5.52 Å². The fraction of sp³-hybridized carbons (Fsp3) is 0.471. The zero-order valence-corrected chi connectivity index (χ0v) is 12.6. The minimum Gasteiger partial charge on any atom is -0.384 e. The predicted octanol–water partition coefficient (Wildman–Crippen LogP) is 2.56. The molecule has 1 aromatic heterocycles. The molecule has 2 heterocycles. The van der Waals surface area contributed by atoms with Crippen molar-refractivity contribution < 1.29 is 4.74 Å². The molecule has 1 aliphatic rings. The molecule has 0 aliphatic carbocycles. The van der Waals surface area contributed by atoms with Gasteiger partial charge >= 0.3 is 0 Å². The normalized spacial score (nSPS) is 16.6. The average Bonchev–Trinajstić information content (AvgIpc) is 2.54. The fourth-order valence-corrected chi connectivity index (χ4v) is 3.12. The lowest BCUT2D eigenvalue weighted by atomic mass is 9.97. The minimum atomic E-state index is 0.533. The quantitative estimate of drug-likeness (QED) is 0.938. The lowest BCUT2D eigenvalue weighted by molar-refractivity contribution is 0.139. The standard InChI is InChI=1S/C17H23N3O/c1-21-12-13-6-8-20(9-7-13)17-15(11-18)10-14-4-2-3-5-16(14)19-17/h2-5,10,13H,6-9,11-12,18H2,1H3. The maximum atomic E-state index is 5.94. The van der Waals surface area contributed by atoms with E-state index in [1.807, 2.05) is 12.1 Å². The van der Waals surface area contributed by atoms with E-state index in [4.69, 9.17) is 15.5 Å². The van der Waals surface area contributed by atoms with Crippen LogP contribution in [0.25, 0.3) is 10.9 Å². The van der Waals surface area contributed by atoms with Gasteiger partial charge in [0, 0.05) is 44.3 Å². The van der Waals surface area contributed by atoms with Gasteiger partial charge in [0.15, 0.2) is 0 Å². The van der Waals surface area contributed by atoms with E-state index in [-0.39, 0.29) is 0 Å². The van der Waals surface area contributed by atoms with Crippen molar-refractivity contribution in [1.82, 2.24) is 4.98 Å². The highest BCUT2D eigenvalue weighted by Gasteiger charge is 2.22. The Morgan fingerprint density at radius 2 is 2.05 bits per heavy atom. The number of methoxy groups -OCH3 is 1. The zero-order valence-electron chi connectivity index (χ0n) is 12.6. The molecule has 2 N–H and O–H groups in total. The SMILES string of the molecule is COCC1CCN(c2nc3ccccc3cc2CN)CC1. The van der Waals surface area contributed by atoms with Gasteiger partial charge in [0.2, 0.25) is 0 Å². The largest absolute Gasteiger partial charge is 0.384 e. The van der Waals surface area contributed by atoms with Gasteiger partial charge in [0.1, 0.15) is 5.82 Å². The number of fused-ring (bicyclic) bond motifs is 1. The molecule has 4 heteroatoms. The fourth-order valence-electron chi connectivity index (χ4n) is 3.12. The summed E-state index contributed by atoms with van der Waals surface area (Å²) in [4.78, 5) is 7.23. The summed E-state index contributed by atoms with van der Waals surface area (Å²) in [7, 11) is 1.78. The summed E-state index contributed by atoms with van der Waals surface area (Å²) in [5, 5.41) is 1.16. The van der Waals surface area contributed by atoms with E-state index < -0.39 is 0 Å². The summed E-state index contributed by atoms with van der Waals surface area (Å²) in [5.74, 6) is 1.74. The van der Waals surface area contributed by atoms with Crippen molar-refractivity contribution in [2.24, 2.45) is 11.7 Å². The van der Waals surface area contributed by atoms with Crippen LogP contribution in [0.1, 0.15) is 18.4 Å². The van der Waals surface area contributed by atoms with Crippen molar-refractivity contribution in [1.29, 1.82) is 0 Å². The summed E-state index contributed by atoms with van der Waals surface area (Å²) in [5.41, 5.74) is 8.12. The second kappa shape index (κ2) is 6.41. The van der Waals surface area contributed by atoms with Crippen molar-refractivity contribution in [3.63, 3.8) is 0 Å². The van der Waals surface area contributed by atoms with Crippen LogP contribution in [-0.2, 0) is 11.3 Å². The Morgan fingerprint density at radius 1 is 1.29 bits per heavy atom. The Kier molecular flexibility index (Phi) is 4.36. The molecule has 1 aromatic carbocycles. The molecule has 1 fully saturated rings. The van der Waals surface area contributed by atoms with Crippen molar-refractivity contribution in [3.05, 3.63) is 35.9 Å². The van der Waals surface area contributed by atoms with Crippen molar-refractivity contribution in [3.8, 4) is 0 Å². The summed E-state index contributed by atoms with van der Waals surface area (Å²) >= 11 is 0. The van der Waals surface area contributed by atoms with E-state index in [2.05, 4.69) is 23.1 Å². The first-order chi connectivity index (χ1) is 10.3. The number of ether oxygens (including phenoxy) is 1. The molecule has 1 saturated heterocycles. The van der Waals surface area contributed by atoms with Crippen molar-refractivity contribution in [2.75, 3.05) is 31.7 Å². The van der Waals surface area contributed by atoms with E-state index in [1.54, 1.807) is 7.11 Å². The number of piperidine rings is 1. The van der Waals surface area contributed by atoms with E-state index in [0.717, 1.165) is 54.8 Å². The van der Waals surface area contributed by atoms with Crippen LogP contribution in [0.4, 0.5) is 5.82 Å². The van der Waals surface area contributed by atoms with Gasteiger partial charge in [0.25, 0.3) is 0 Å². The van der Waals surface area contributed by atoms with Crippen LogP contribution in [0.2, 0.25) is 0 Å². The topological polar surface area (TPSA) is 51.4 Å². The number of benzene rings is 1. The van der Waals surface area contributed by atoms with Crippen LogP contribution in [-0.4, -0.2) is 31.8 Å². The molecular weight excluding hydrogens is 262 g/mol. The third-order valence-corrected chi connectivity index (χ3v) is 4.32. The second-order valence-corrected chi connectivity index (χ2v) is 5.75. The molecule has 0 unspecified atom stereocenters. The van der Waals surface area contributed by atoms with Gasteiger partial charge in [-0.15, -0.1) is 0 Å². The van der Waals surface area contributed by atoms with Crippen LogP contribution in [0.15, 0.2) is 30.3 Å². The highest BCUT2D eigenvalue weighted by Crippen LogP contribution is 2.27. The number of hydrogen-bond donors (Lipinski definition) is 1. The number of hydrogen-bond acceptors (Lipinski definition) is 4. The molecular formula is C17H23N3O. The number of nitrogens with zero attached hydrogens (tertiary/aromatic N) is 2. The second-order valence-electron chi connectivity index (χ2n) is 5.75. The maximum Gasteiger partial charge on any atom is 0.133 e. The highest BCUT2D eigenvalue weighted by molar-refractivity contribution is 5.81. The van der Waals surface area contributed by atoms with Crippen LogP contribution < -0.4 is 10.6 Å². The van der Waals surface area contributed by atoms with E-state index in [9.17, 15) is 0 Å². The molecule has 2 aromatic rings. The molecule has 0 atom stereocenters. The molecule has 0 spiro atoms. The third-order valence-electron chi connectivity index (χ3n) is 4.32. The molecule has 0 amide bonds. The first-order valence-corrected chi connectivity index (χ1v) is 7.64. The lowest BCUT2D eigenvalue weighted by Crippen LogP contribution is -2.36. The maximum absolute atomic E-state index is 5.94. The van der Waals surface area contributed by atoms with Gasteiger partial charge in [-0.1, -0.05) is 18.2 Å². The van der Waals surface area contributed by atoms with E-state index in [1.165, 1.54) is 0 Å². The van der Waals surface area contributed by atoms with Crippen molar-refractivity contribution in [2.45, 2.75) is 19.4 Å². The molecule has 1 aliphatic heterocycles. The lowest BCUT2D eigenvalue weighted by Gasteiger charge is -2.33. The Hall–Kier alpha value is -1.65. The first kappa shape index (κ1) is 14.3. The van der Waals surface area contributed by atoms with Crippen LogP contribution in [0.5, 0.6) is 0 Å². The third kappa shape index (κ3) is 3.01. The molecule has 4 nitrogen and oxygen atoms in total. The summed E-state index contributed by atoms with van der Waals surface area (Å²) in [6.07, 6.45) is 2.32. The average molecular weight is 285 g/mol. The molecule has 3 rings (SSSR count). The molecule has 21 heavy (non-hydrogen) atoms. The monoisotopic (exact) mass is 285 g/mol. The predicted molar refractivity (Wildman–Crippen MR) is 86.4 cm³/mol. The molecule has 0 saturated carbocycles. The summed E-state index contributed by atoms with van der Waals surface area (Å²) in [6, 6.07) is 10.4. The number of anilines is 1. The Labute approximate surface area is 125 Å². The summed E-state index contributed by atoms with van der Waals surface area (Å²) in [6.45, 7) is 3.46. The van der Waals surface area contributed by atoms with Gasteiger partial charge in [-0.25, -0.2) is 4.98 Å². The Morgan fingerprint density at radius 3 is 2.76 bits per heavy atom. The molecule has 0 bridgehead atoms. The highest BCUT2D eigenvalue weighted by atomic mass is 16.5. The first-order valence-electron chi connectivity index (χ1n) is 7.64. The number of aromatic nitrogens is 1. The molecule has 112 valence electrons. The van der Waals surface area contributed by atoms with Gasteiger partial charge < -0.3 is 15.4 Å². The van der Waals surface area contributed by atoms with Gasteiger partial charge in [-0.2, -0.15) is 0 Å². The van der Waals surface area contributed by atoms with Crippen LogP contribution in [0.3, 0.4) is 0 Å². The Balaban J connectivity index is 1.86. The van der Waals surface area contributed by atoms with Gasteiger partial charge in [-0.3, -0.25) is 0 Å². The molecule has 0 radical (unpaired) electrons. The van der Waals surface area contributed by atoms with Crippen LogP contribution in [0, 0.1) is 5.92 Å². The van der Waals surface area contributed by atoms with E-state index >= 15 is 0 Å². The summed E-state index contributed by atoms with van der Waals surface area (Å²) < 4.78 is 5.27. The van der Waals surface area contributed by atoms with E-state index in [0.29, 0.717) is 12.5 Å². The number of nitrogens with two attached hydrogens (primary N) is 1. The van der Waals surface area contributed by atoms with Gasteiger partial charge in [-0.05, 0) is 30.9 Å². The Bertz CT molecular complexity index is 606.